The van der Waals surface area contributed by atoms with Crippen LogP contribution in [0.25, 0.3) is 0 Å². The van der Waals surface area contributed by atoms with Crippen LogP contribution in [0, 0.1) is 12.3 Å². The summed E-state index contributed by atoms with van der Waals surface area (Å²) in [6.45, 7) is 10.5. The van der Waals surface area contributed by atoms with E-state index in [1.807, 2.05) is 13.0 Å². The van der Waals surface area contributed by atoms with Crippen molar-refractivity contribution in [2.24, 2.45) is 11.1 Å². The maximum absolute atomic E-state index is 6.46. The standard InChI is InChI=1S/C13H19BrClN/c1-8-9(6-7-10(14)11(8)15)13(5,16)12(2,3)4/h6-7H,16H2,1-5H3. The van der Waals surface area contributed by atoms with Crippen LogP contribution in [0.1, 0.15) is 38.8 Å². The van der Waals surface area contributed by atoms with Gasteiger partial charge in [0, 0.05) is 10.0 Å². The Kier molecular flexibility index (Phi) is 3.78. The number of nitrogens with two attached hydrogens (primary N) is 1. The van der Waals surface area contributed by atoms with Crippen molar-refractivity contribution >= 4 is 27.5 Å². The molecule has 1 atom stereocenters. The van der Waals surface area contributed by atoms with Crippen LogP contribution < -0.4 is 5.73 Å². The van der Waals surface area contributed by atoms with Crippen LogP contribution in [0.15, 0.2) is 16.6 Å². The van der Waals surface area contributed by atoms with Gasteiger partial charge in [0.1, 0.15) is 0 Å². The molecule has 1 aromatic rings. The second-order valence-corrected chi connectivity index (χ2v) is 6.72. The molecule has 1 nitrogen and oxygen atoms in total. The number of halogens is 2. The van der Waals surface area contributed by atoms with Crippen LogP contribution in [-0.4, -0.2) is 0 Å². The summed E-state index contributed by atoms with van der Waals surface area (Å²) in [6, 6.07) is 4.01. The molecule has 2 N–H and O–H groups in total. The van der Waals surface area contributed by atoms with Gasteiger partial charge >= 0.3 is 0 Å². The molecule has 0 bridgehead atoms. The zero-order valence-corrected chi connectivity index (χ0v) is 12.8. The van der Waals surface area contributed by atoms with Crippen LogP contribution >= 0.6 is 27.5 Å². The smallest absolute Gasteiger partial charge is 0.0580 e. The SMILES string of the molecule is Cc1c(C(C)(N)C(C)(C)C)ccc(Br)c1Cl. The van der Waals surface area contributed by atoms with E-state index >= 15 is 0 Å². The highest BCUT2D eigenvalue weighted by atomic mass is 79.9. The molecule has 0 aliphatic carbocycles. The summed E-state index contributed by atoms with van der Waals surface area (Å²) in [4.78, 5) is 0. The quantitative estimate of drug-likeness (QED) is 0.804. The van der Waals surface area contributed by atoms with Crippen LogP contribution in [0.5, 0.6) is 0 Å². The van der Waals surface area contributed by atoms with Crippen molar-refractivity contribution in [2.75, 3.05) is 0 Å². The molecule has 16 heavy (non-hydrogen) atoms. The van der Waals surface area contributed by atoms with Gasteiger partial charge in [0.15, 0.2) is 0 Å². The molecule has 1 rings (SSSR count). The predicted octanol–water partition coefficient (Wildman–Crippen LogP) is 4.63. The lowest BCUT2D eigenvalue weighted by Gasteiger charge is -2.40. The van der Waals surface area contributed by atoms with E-state index in [1.54, 1.807) is 0 Å². The topological polar surface area (TPSA) is 26.0 Å². The third kappa shape index (κ3) is 2.29. The first-order valence-corrected chi connectivity index (χ1v) is 6.50. The first kappa shape index (κ1) is 14.0. The summed E-state index contributed by atoms with van der Waals surface area (Å²) in [6.07, 6.45) is 0. The molecule has 0 aliphatic rings. The zero-order valence-electron chi connectivity index (χ0n) is 10.5. The summed E-state index contributed by atoms with van der Waals surface area (Å²) in [7, 11) is 0. The van der Waals surface area contributed by atoms with Crippen molar-refractivity contribution in [2.45, 2.75) is 40.2 Å². The zero-order chi connectivity index (χ0) is 12.7. The lowest BCUT2D eigenvalue weighted by molar-refractivity contribution is 0.210. The van der Waals surface area contributed by atoms with Crippen molar-refractivity contribution in [3.8, 4) is 0 Å². The summed E-state index contributed by atoms with van der Waals surface area (Å²) in [5.41, 5.74) is 8.20. The molecule has 90 valence electrons. The van der Waals surface area contributed by atoms with E-state index in [-0.39, 0.29) is 5.41 Å². The molecule has 0 fully saturated rings. The molecule has 0 saturated carbocycles. The predicted molar refractivity (Wildman–Crippen MR) is 74.9 cm³/mol. The Balaban J connectivity index is 3.41. The summed E-state index contributed by atoms with van der Waals surface area (Å²) < 4.78 is 0.917. The molecular formula is C13H19BrClN. The average molecular weight is 305 g/mol. The molecule has 3 heteroatoms. The van der Waals surface area contributed by atoms with Crippen LogP contribution in [0.4, 0.5) is 0 Å². The van der Waals surface area contributed by atoms with Crippen molar-refractivity contribution in [1.82, 2.24) is 0 Å². The van der Waals surface area contributed by atoms with E-state index in [0.717, 1.165) is 20.6 Å². The van der Waals surface area contributed by atoms with Crippen molar-refractivity contribution in [3.05, 3.63) is 32.8 Å². The minimum atomic E-state index is -0.401. The monoisotopic (exact) mass is 303 g/mol. The molecule has 0 saturated heterocycles. The van der Waals surface area contributed by atoms with Gasteiger partial charge < -0.3 is 5.73 Å². The fourth-order valence-electron chi connectivity index (χ4n) is 1.62. The molecule has 0 amide bonds. The van der Waals surface area contributed by atoms with Gasteiger partial charge in [-0.2, -0.15) is 0 Å². The normalized spacial score (nSPS) is 16.0. The molecule has 0 heterocycles. The second-order valence-electron chi connectivity index (χ2n) is 5.49. The van der Waals surface area contributed by atoms with Gasteiger partial charge in [-0.25, -0.2) is 0 Å². The average Bonchev–Trinajstić information content (AvgIpc) is 2.12. The highest BCUT2D eigenvalue weighted by molar-refractivity contribution is 9.10. The Morgan fingerprint density at radius 2 is 1.69 bits per heavy atom. The fourth-order valence-corrected chi connectivity index (χ4v) is 2.21. The lowest BCUT2D eigenvalue weighted by atomic mass is 9.70. The van der Waals surface area contributed by atoms with E-state index in [4.69, 9.17) is 17.3 Å². The van der Waals surface area contributed by atoms with E-state index in [9.17, 15) is 0 Å². The third-order valence-electron chi connectivity index (χ3n) is 3.46. The third-order valence-corrected chi connectivity index (χ3v) is 4.83. The van der Waals surface area contributed by atoms with Gasteiger partial charge in [-0.15, -0.1) is 0 Å². The molecule has 0 aliphatic heterocycles. The number of rotatable bonds is 1. The summed E-state index contributed by atoms with van der Waals surface area (Å²) in [5, 5.41) is 0.749. The van der Waals surface area contributed by atoms with E-state index in [1.165, 1.54) is 0 Å². The Bertz CT molecular complexity index is 405. The maximum atomic E-state index is 6.46. The Hall–Kier alpha value is -0.0500. The Morgan fingerprint density at radius 3 is 2.12 bits per heavy atom. The lowest BCUT2D eigenvalue weighted by Crippen LogP contribution is -2.46. The van der Waals surface area contributed by atoms with Crippen LogP contribution in [0.2, 0.25) is 5.02 Å². The number of hydrogen-bond acceptors (Lipinski definition) is 1. The molecule has 1 unspecified atom stereocenters. The van der Waals surface area contributed by atoms with Gasteiger partial charge in [0.25, 0.3) is 0 Å². The molecule has 1 aromatic carbocycles. The van der Waals surface area contributed by atoms with Crippen LogP contribution in [-0.2, 0) is 5.54 Å². The van der Waals surface area contributed by atoms with E-state index < -0.39 is 5.54 Å². The van der Waals surface area contributed by atoms with Gasteiger partial charge in [0.05, 0.1) is 5.02 Å². The number of benzene rings is 1. The minimum absolute atomic E-state index is 0.0189. The van der Waals surface area contributed by atoms with E-state index in [2.05, 4.69) is 49.7 Å². The van der Waals surface area contributed by atoms with Gasteiger partial charge in [-0.05, 0) is 52.4 Å². The maximum Gasteiger partial charge on any atom is 0.0580 e. The summed E-state index contributed by atoms with van der Waals surface area (Å²) in [5.74, 6) is 0. The Labute approximate surface area is 111 Å². The van der Waals surface area contributed by atoms with Gasteiger partial charge in [-0.3, -0.25) is 0 Å². The van der Waals surface area contributed by atoms with Crippen molar-refractivity contribution < 1.29 is 0 Å². The fraction of sp³-hybridized carbons (Fsp3) is 0.538. The highest BCUT2D eigenvalue weighted by Gasteiger charge is 2.36. The van der Waals surface area contributed by atoms with E-state index in [0.29, 0.717) is 0 Å². The number of hydrogen-bond donors (Lipinski definition) is 1. The first-order valence-electron chi connectivity index (χ1n) is 5.33. The van der Waals surface area contributed by atoms with Gasteiger partial charge in [0.2, 0.25) is 0 Å². The van der Waals surface area contributed by atoms with Crippen LogP contribution in [0.3, 0.4) is 0 Å². The largest absolute Gasteiger partial charge is 0.321 e. The summed E-state index contributed by atoms with van der Waals surface area (Å²) >= 11 is 9.66. The van der Waals surface area contributed by atoms with Crippen molar-refractivity contribution in [1.29, 1.82) is 0 Å². The Morgan fingerprint density at radius 1 is 1.19 bits per heavy atom. The molecule has 0 spiro atoms. The molecule has 0 radical (unpaired) electrons. The molecule has 0 aromatic heterocycles. The van der Waals surface area contributed by atoms with Gasteiger partial charge in [-0.1, -0.05) is 38.4 Å². The second kappa shape index (κ2) is 4.32. The minimum Gasteiger partial charge on any atom is -0.321 e. The van der Waals surface area contributed by atoms with Crippen molar-refractivity contribution in [3.63, 3.8) is 0 Å². The molecular weight excluding hydrogens is 286 g/mol. The highest BCUT2D eigenvalue weighted by Crippen LogP contribution is 2.41. The first-order chi connectivity index (χ1) is 7.09.